The van der Waals surface area contributed by atoms with E-state index in [1.807, 2.05) is 24.3 Å². The van der Waals surface area contributed by atoms with Crippen molar-refractivity contribution in [3.8, 4) is 22.8 Å². The predicted octanol–water partition coefficient (Wildman–Crippen LogP) is 5.77. The van der Waals surface area contributed by atoms with Crippen molar-refractivity contribution < 1.29 is 9.47 Å². The second-order valence-electron chi connectivity index (χ2n) is 7.71. The fourth-order valence-electron chi connectivity index (χ4n) is 4.02. The Kier molecular flexibility index (Phi) is 6.85. The molecule has 5 nitrogen and oxygen atoms in total. The number of rotatable bonds is 9. The minimum absolute atomic E-state index is 0.714. The second-order valence-corrected chi connectivity index (χ2v) is 7.71. The minimum atomic E-state index is 0.714. The molecule has 0 fully saturated rings. The highest BCUT2D eigenvalue weighted by Crippen LogP contribution is 2.37. The summed E-state index contributed by atoms with van der Waals surface area (Å²) in [5.41, 5.74) is 3.03. The predicted molar refractivity (Wildman–Crippen MR) is 131 cm³/mol. The Morgan fingerprint density at radius 1 is 0.781 bits per heavy atom. The van der Waals surface area contributed by atoms with Crippen LogP contribution in [0.2, 0.25) is 0 Å². The van der Waals surface area contributed by atoms with Crippen molar-refractivity contribution in [1.82, 2.24) is 10.2 Å². The molecule has 4 aromatic rings. The van der Waals surface area contributed by atoms with Gasteiger partial charge in [0.25, 0.3) is 0 Å². The molecule has 0 aliphatic carbocycles. The molecule has 0 saturated carbocycles. The van der Waals surface area contributed by atoms with E-state index in [0.29, 0.717) is 5.75 Å². The second kappa shape index (κ2) is 10.1. The molecular formula is C27H29N3O2. The van der Waals surface area contributed by atoms with E-state index in [2.05, 4.69) is 65.5 Å². The molecular weight excluding hydrogens is 398 g/mol. The average molecular weight is 428 g/mol. The maximum atomic E-state index is 5.64. The molecule has 0 spiro atoms. The third kappa shape index (κ3) is 4.52. The molecule has 5 heteroatoms. The molecule has 1 heterocycles. The van der Waals surface area contributed by atoms with Crippen LogP contribution < -0.4 is 14.4 Å². The highest BCUT2D eigenvalue weighted by Gasteiger charge is 2.18. The number of nitrogens with zero attached hydrogens (tertiary/aromatic N) is 3. The van der Waals surface area contributed by atoms with Crippen molar-refractivity contribution in [2.45, 2.75) is 19.8 Å². The van der Waals surface area contributed by atoms with E-state index < -0.39 is 0 Å². The summed E-state index contributed by atoms with van der Waals surface area (Å²) >= 11 is 0. The van der Waals surface area contributed by atoms with Gasteiger partial charge in [0.2, 0.25) is 0 Å². The number of aromatic nitrogens is 2. The van der Waals surface area contributed by atoms with Crippen LogP contribution in [0, 0.1) is 0 Å². The van der Waals surface area contributed by atoms with Crippen molar-refractivity contribution in [3.05, 3.63) is 78.4 Å². The monoisotopic (exact) mass is 427 g/mol. The average Bonchev–Trinajstić information content (AvgIpc) is 2.86. The van der Waals surface area contributed by atoms with Crippen LogP contribution >= 0.6 is 0 Å². The lowest BCUT2D eigenvalue weighted by Gasteiger charge is -2.25. The summed E-state index contributed by atoms with van der Waals surface area (Å²) < 4.78 is 11.0. The molecule has 0 radical (unpaired) electrons. The van der Waals surface area contributed by atoms with Gasteiger partial charge in [-0.25, -0.2) is 0 Å². The highest BCUT2D eigenvalue weighted by molar-refractivity contribution is 6.01. The van der Waals surface area contributed by atoms with E-state index in [-0.39, 0.29) is 0 Å². The number of methoxy groups -OCH3 is 2. The molecule has 32 heavy (non-hydrogen) atoms. The van der Waals surface area contributed by atoms with Crippen molar-refractivity contribution in [2.75, 3.05) is 32.2 Å². The lowest BCUT2D eigenvalue weighted by atomic mass is 10.0. The summed E-state index contributed by atoms with van der Waals surface area (Å²) in [6.45, 7) is 4.01. The van der Waals surface area contributed by atoms with Crippen molar-refractivity contribution >= 4 is 16.6 Å². The van der Waals surface area contributed by atoms with Crippen LogP contribution in [0.25, 0.3) is 22.0 Å². The van der Waals surface area contributed by atoms with E-state index in [1.54, 1.807) is 14.2 Å². The number of anilines is 1. The van der Waals surface area contributed by atoms with E-state index in [1.165, 1.54) is 5.56 Å². The molecule has 0 N–H and O–H groups in total. The molecule has 0 unspecified atom stereocenters. The Balaban J connectivity index is 1.76. The molecule has 0 atom stereocenters. The molecule has 0 aliphatic rings. The molecule has 164 valence electrons. The van der Waals surface area contributed by atoms with Crippen LogP contribution in [0.4, 0.5) is 5.82 Å². The Morgan fingerprint density at radius 3 is 2.25 bits per heavy atom. The van der Waals surface area contributed by atoms with Crippen LogP contribution in [0.1, 0.15) is 18.9 Å². The maximum Gasteiger partial charge on any atom is 0.159 e. The van der Waals surface area contributed by atoms with Gasteiger partial charge in [-0.2, -0.15) is 0 Å². The van der Waals surface area contributed by atoms with Gasteiger partial charge in [0.05, 0.1) is 14.2 Å². The summed E-state index contributed by atoms with van der Waals surface area (Å²) in [6.07, 6.45) is 2.00. The first-order chi connectivity index (χ1) is 15.7. The fraction of sp³-hybridized carbons (Fsp3) is 0.259. The first kappa shape index (κ1) is 21.6. The first-order valence-electron chi connectivity index (χ1n) is 11.0. The Labute approximate surface area is 189 Å². The maximum absolute atomic E-state index is 5.64. The zero-order valence-corrected chi connectivity index (χ0v) is 18.9. The summed E-state index contributed by atoms with van der Waals surface area (Å²) in [4.78, 5) is 2.34. The smallest absolute Gasteiger partial charge is 0.159 e. The minimum Gasteiger partial charge on any atom is -0.497 e. The molecule has 0 bridgehead atoms. The molecule has 0 amide bonds. The molecule has 1 aromatic heterocycles. The van der Waals surface area contributed by atoms with Crippen LogP contribution in [-0.2, 0) is 6.42 Å². The quantitative estimate of drug-likeness (QED) is 0.339. The Morgan fingerprint density at radius 2 is 1.53 bits per heavy atom. The van der Waals surface area contributed by atoms with Crippen molar-refractivity contribution in [1.29, 1.82) is 0 Å². The third-order valence-corrected chi connectivity index (χ3v) is 5.64. The first-order valence-corrected chi connectivity index (χ1v) is 11.0. The zero-order valence-electron chi connectivity index (χ0n) is 18.9. The standard InChI is InChI=1S/C27H29N3O2/c1-4-17-30(18-16-20-10-6-5-7-11-20)27-23-13-9-8-12-22(23)26(28-29-27)24-15-14-21(31-2)19-25(24)32-3/h5-15,19H,4,16-18H2,1-3H3. The fourth-order valence-corrected chi connectivity index (χ4v) is 4.02. The zero-order chi connectivity index (χ0) is 22.3. The van der Waals surface area contributed by atoms with E-state index in [9.17, 15) is 0 Å². The van der Waals surface area contributed by atoms with Crippen LogP contribution in [0.5, 0.6) is 11.5 Å². The lowest BCUT2D eigenvalue weighted by molar-refractivity contribution is 0.395. The van der Waals surface area contributed by atoms with Gasteiger partial charge >= 0.3 is 0 Å². The molecule has 3 aromatic carbocycles. The number of benzene rings is 3. The number of fused-ring (bicyclic) bond motifs is 1. The molecule has 0 saturated heterocycles. The van der Waals surface area contributed by atoms with Crippen molar-refractivity contribution in [3.63, 3.8) is 0 Å². The van der Waals surface area contributed by atoms with Crippen LogP contribution in [-0.4, -0.2) is 37.5 Å². The highest BCUT2D eigenvalue weighted by atomic mass is 16.5. The lowest BCUT2D eigenvalue weighted by Crippen LogP contribution is -2.28. The summed E-state index contributed by atoms with van der Waals surface area (Å²) in [5.74, 6) is 2.38. The van der Waals surface area contributed by atoms with Gasteiger partial charge in [0.1, 0.15) is 17.2 Å². The van der Waals surface area contributed by atoms with Gasteiger partial charge in [0, 0.05) is 35.5 Å². The van der Waals surface area contributed by atoms with Gasteiger partial charge in [-0.15, -0.1) is 10.2 Å². The molecule has 0 aliphatic heterocycles. The van der Waals surface area contributed by atoms with Gasteiger partial charge in [-0.1, -0.05) is 61.5 Å². The number of hydrogen-bond acceptors (Lipinski definition) is 5. The Hall–Kier alpha value is -3.60. The summed E-state index contributed by atoms with van der Waals surface area (Å²) in [7, 11) is 3.31. The van der Waals surface area contributed by atoms with E-state index in [0.717, 1.165) is 59.5 Å². The van der Waals surface area contributed by atoms with Gasteiger partial charge in [0.15, 0.2) is 5.82 Å². The topological polar surface area (TPSA) is 47.5 Å². The summed E-state index contributed by atoms with van der Waals surface area (Å²) in [5, 5.41) is 11.6. The molecule has 4 rings (SSSR count). The van der Waals surface area contributed by atoms with Crippen LogP contribution in [0.3, 0.4) is 0 Å². The van der Waals surface area contributed by atoms with Crippen molar-refractivity contribution in [2.24, 2.45) is 0 Å². The normalized spacial score (nSPS) is 10.8. The van der Waals surface area contributed by atoms with Crippen LogP contribution in [0.15, 0.2) is 72.8 Å². The van der Waals surface area contributed by atoms with Gasteiger partial charge in [-0.05, 0) is 30.5 Å². The largest absolute Gasteiger partial charge is 0.497 e. The van der Waals surface area contributed by atoms with E-state index in [4.69, 9.17) is 14.6 Å². The third-order valence-electron chi connectivity index (χ3n) is 5.64. The SMILES string of the molecule is CCCN(CCc1ccccc1)c1nnc(-c2ccc(OC)cc2OC)c2ccccc12. The summed E-state index contributed by atoms with van der Waals surface area (Å²) in [6, 6.07) is 24.7. The number of ether oxygens (including phenoxy) is 2. The van der Waals surface area contributed by atoms with E-state index >= 15 is 0 Å². The number of hydrogen-bond donors (Lipinski definition) is 0. The Bertz CT molecular complexity index is 1180. The van der Waals surface area contributed by atoms with Gasteiger partial charge in [-0.3, -0.25) is 0 Å². The van der Waals surface area contributed by atoms with Gasteiger partial charge < -0.3 is 14.4 Å².